The quantitative estimate of drug-likeness (QED) is 0.680. The predicted octanol–water partition coefficient (Wildman–Crippen LogP) is 2.60. The number of carbonyl (C=O) groups is 1. The number of aromatic nitrogens is 1. The standard InChI is InChI=1S/C21H26FN3O7/c1-11-7-24(8-12(2)31-11)17-14(20-28-4-5-29-20)6-15-18(16(17)22)32-23-19(15)25-13(9-27-3)10-30-21(25)26/h6,11-13,20H,4-5,7-10H2,1-3H3/t11-,12+,13-/m1/s1. The fraction of sp³-hybridized carbons (Fsp3) is 0.619. The van der Waals surface area contributed by atoms with Gasteiger partial charge in [0, 0.05) is 25.8 Å². The van der Waals surface area contributed by atoms with Crippen molar-refractivity contribution in [2.45, 2.75) is 38.4 Å². The second-order valence-corrected chi connectivity index (χ2v) is 8.30. The molecule has 11 heteroatoms. The van der Waals surface area contributed by atoms with Gasteiger partial charge in [-0.15, -0.1) is 0 Å². The summed E-state index contributed by atoms with van der Waals surface area (Å²) in [6.45, 7) is 6.10. The van der Waals surface area contributed by atoms with Gasteiger partial charge in [-0.1, -0.05) is 5.16 Å². The van der Waals surface area contributed by atoms with Gasteiger partial charge < -0.3 is 33.1 Å². The number of methoxy groups -OCH3 is 1. The summed E-state index contributed by atoms with van der Waals surface area (Å²) >= 11 is 0. The van der Waals surface area contributed by atoms with E-state index < -0.39 is 24.2 Å². The first-order valence-electron chi connectivity index (χ1n) is 10.7. The Balaban J connectivity index is 1.64. The van der Waals surface area contributed by atoms with Crippen LogP contribution in [0.3, 0.4) is 0 Å². The Morgan fingerprint density at radius 2 is 1.94 bits per heavy atom. The van der Waals surface area contributed by atoms with Crippen LogP contribution in [0.4, 0.5) is 20.7 Å². The Bertz CT molecular complexity index is 999. The van der Waals surface area contributed by atoms with Crippen molar-refractivity contribution in [3.8, 4) is 0 Å². The highest BCUT2D eigenvalue weighted by Gasteiger charge is 2.39. The SMILES string of the molecule is COC[C@@H]1COC(=O)N1c1noc2c(F)c(N3C[C@@H](C)O[C@@H](C)C3)c(C3OCCO3)cc12. The molecule has 0 saturated carbocycles. The van der Waals surface area contributed by atoms with E-state index in [1.54, 1.807) is 6.07 Å². The van der Waals surface area contributed by atoms with Crippen LogP contribution in [0.15, 0.2) is 10.6 Å². The van der Waals surface area contributed by atoms with Gasteiger partial charge in [0.15, 0.2) is 17.9 Å². The van der Waals surface area contributed by atoms with Crippen molar-refractivity contribution >= 4 is 28.6 Å². The van der Waals surface area contributed by atoms with Gasteiger partial charge in [0.25, 0.3) is 0 Å². The Labute approximate surface area is 184 Å². The van der Waals surface area contributed by atoms with Gasteiger partial charge in [0.1, 0.15) is 6.61 Å². The van der Waals surface area contributed by atoms with Gasteiger partial charge in [-0.25, -0.2) is 14.1 Å². The largest absolute Gasteiger partial charge is 0.447 e. The van der Waals surface area contributed by atoms with Crippen molar-refractivity contribution in [1.82, 2.24) is 5.16 Å². The summed E-state index contributed by atoms with van der Waals surface area (Å²) in [7, 11) is 1.53. The lowest BCUT2D eigenvalue weighted by molar-refractivity contribution is -0.0445. The molecule has 5 rings (SSSR count). The number of hydrogen-bond acceptors (Lipinski definition) is 9. The minimum atomic E-state index is -0.736. The van der Waals surface area contributed by atoms with E-state index in [9.17, 15) is 4.79 Å². The molecule has 2 aromatic rings. The molecule has 1 amide bonds. The Morgan fingerprint density at radius 3 is 2.62 bits per heavy atom. The van der Waals surface area contributed by atoms with Crippen molar-refractivity contribution in [1.29, 1.82) is 0 Å². The number of morpholine rings is 1. The molecule has 3 atom stereocenters. The van der Waals surface area contributed by atoms with E-state index in [0.29, 0.717) is 42.9 Å². The molecule has 1 aromatic carbocycles. The fourth-order valence-corrected chi connectivity index (χ4v) is 4.64. The molecule has 1 aromatic heterocycles. The molecule has 174 valence electrons. The second-order valence-electron chi connectivity index (χ2n) is 8.30. The zero-order valence-electron chi connectivity index (χ0n) is 18.2. The minimum absolute atomic E-state index is 0.0422. The molecule has 32 heavy (non-hydrogen) atoms. The van der Waals surface area contributed by atoms with Crippen LogP contribution >= 0.6 is 0 Å². The fourth-order valence-electron chi connectivity index (χ4n) is 4.64. The molecule has 4 heterocycles. The lowest BCUT2D eigenvalue weighted by Gasteiger charge is -2.38. The topological polar surface area (TPSA) is 95.7 Å². The number of fused-ring (bicyclic) bond motifs is 1. The zero-order chi connectivity index (χ0) is 22.4. The number of anilines is 2. The normalized spacial score (nSPS) is 27.0. The van der Waals surface area contributed by atoms with Gasteiger partial charge in [-0.05, 0) is 19.9 Å². The number of rotatable bonds is 5. The highest BCUT2D eigenvalue weighted by atomic mass is 19.1. The van der Waals surface area contributed by atoms with Crippen LogP contribution < -0.4 is 9.80 Å². The average molecular weight is 451 g/mol. The van der Waals surface area contributed by atoms with Crippen LogP contribution in [0, 0.1) is 5.82 Å². The van der Waals surface area contributed by atoms with Crippen molar-refractivity contribution in [2.24, 2.45) is 0 Å². The first-order valence-corrected chi connectivity index (χ1v) is 10.7. The lowest BCUT2D eigenvalue weighted by Crippen LogP contribution is -2.46. The van der Waals surface area contributed by atoms with Crippen LogP contribution in [0.5, 0.6) is 0 Å². The van der Waals surface area contributed by atoms with E-state index in [0.717, 1.165) is 0 Å². The summed E-state index contributed by atoms with van der Waals surface area (Å²) in [4.78, 5) is 15.7. The van der Waals surface area contributed by atoms with Gasteiger partial charge in [0.05, 0.1) is 49.1 Å². The summed E-state index contributed by atoms with van der Waals surface area (Å²) in [5, 5.41) is 4.38. The molecule has 0 bridgehead atoms. The van der Waals surface area contributed by atoms with E-state index in [4.69, 9.17) is 28.2 Å². The molecule has 3 fully saturated rings. The molecule has 0 spiro atoms. The second kappa shape index (κ2) is 8.47. The van der Waals surface area contributed by atoms with Crippen molar-refractivity contribution in [3.05, 3.63) is 17.4 Å². The van der Waals surface area contributed by atoms with Crippen LogP contribution in [0.1, 0.15) is 25.7 Å². The number of nitrogens with zero attached hydrogens (tertiary/aromatic N) is 3. The highest BCUT2D eigenvalue weighted by Crippen LogP contribution is 2.42. The summed E-state index contributed by atoms with van der Waals surface area (Å²) in [5.74, 6) is -0.398. The maximum Gasteiger partial charge on any atom is 0.416 e. The van der Waals surface area contributed by atoms with E-state index in [2.05, 4.69) is 5.16 Å². The van der Waals surface area contributed by atoms with Crippen LogP contribution in [0.25, 0.3) is 11.0 Å². The molecule has 0 N–H and O–H groups in total. The maximum absolute atomic E-state index is 16.0. The van der Waals surface area contributed by atoms with Gasteiger partial charge >= 0.3 is 6.09 Å². The molecular weight excluding hydrogens is 425 g/mol. The Hall–Kier alpha value is -2.47. The summed E-state index contributed by atoms with van der Waals surface area (Å²) in [6.07, 6.45) is -1.48. The average Bonchev–Trinajstić information content (AvgIpc) is 3.48. The minimum Gasteiger partial charge on any atom is -0.447 e. The first kappa shape index (κ1) is 21.4. The molecule has 3 aliphatic heterocycles. The molecule has 3 aliphatic rings. The van der Waals surface area contributed by atoms with Crippen LogP contribution in [-0.2, 0) is 23.7 Å². The Morgan fingerprint density at radius 1 is 1.22 bits per heavy atom. The Kier molecular flexibility index (Phi) is 5.66. The molecule has 10 nitrogen and oxygen atoms in total. The van der Waals surface area contributed by atoms with E-state index >= 15 is 4.39 Å². The third-order valence-corrected chi connectivity index (χ3v) is 5.85. The first-order chi connectivity index (χ1) is 15.5. The van der Waals surface area contributed by atoms with Crippen LogP contribution in [-0.4, -0.2) is 76.1 Å². The van der Waals surface area contributed by atoms with E-state index in [1.165, 1.54) is 12.0 Å². The van der Waals surface area contributed by atoms with Crippen LogP contribution in [0.2, 0.25) is 0 Å². The summed E-state index contributed by atoms with van der Waals surface area (Å²) in [6, 6.07) is 1.34. The van der Waals surface area contributed by atoms with E-state index in [1.807, 2.05) is 18.7 Å². The lowest BCUT2D eigenvalue weighted by atomic mass is 10.0. The van der Waals surface area contributed by atoms with Gasteiger partial charge in [-0.3, -0.25) is 0 Å². The number of cyclic esters (lactones) is 1. The summed E-state index contributed by atoms with van der Waals surface area (Å²) < 4.78 is 49.0. The van der Waals surface area contributed by atoms with E-state index in [-0.39, 0.29) is 36.8 Å². The van der Waals surface area contributed by atoms with Crippen molar-refractivity contribution < 1.29 is 37.4 Å². The monoisotopic (exact) mass is 451 g/mol. The molecule has 3 saturated heterocycles. The molecule has 0 radical (unpaired) electrons. The smallest absolute Gasteiger partial charge is 0.416 e. The van der Waals surface area contributed by atoms with Crippen molar-refractivity contribution in [3.63, 3.8) is 0 Å². The maximum atomic E-state index is 16.0. The number of amides is 1. The predicted molar refractivity (Wildman–Crippen MR) is 110 cm³/mol. The number of benzene rings is 1. The van der Waals surface area contributed by atoms with Gasteiger partial charge in [0.2, 0.25) is 5.58 Å². The molecule has 0 unspecified atom stereocenters. The van der Waals surface area contributed by atoms with Gasteiger partial charge in [-0.2, -0.15) is 0 Å². The number of ether oxygens (including phenoxy) is 5. The third-order valence-electron chi connectivity index (χ3n) is 5.85. The zero-order valence-corrected chi connectivity index (χ0v) is 18.2. The van der Waals surface area contributed by atoms with Crippen molar-refractivity contribution in [2.75, 3.05) is 56.4 Å². The molecule has 0 aliphatic carbocycles. The number of halogens is 1. The third kappa shape index (κ3) is 3.58. The summed E-state index contributed by atoms with van der Waals surface area (Å²) in [5.41, 5.74) is 0.819. The highest BCUT2D eigenvalue weighted by molar-refractivity contribution is 6.01. The molecular formula is C21H26FN3O7. The number of hydrogen-bond donors (Lipinski definition) is 0. The number of carbonyl (C=O) groups excluding carboxylic acids is 1.